The molecule has 0 unspecified atom stereocenters. The predicted molar refractivity (Wildman–Crippen MR) is 80.4 cm³/mol. The Morgan fingerprint density at radius 1 is 1.37 bits per heavy atom. The molecule has 1 N–H and O–H groups in total. The van der Waals surface area contributed by atoms with Crippen molar-refractivity contribution in [1.82, 2.24) is 19.9 Å². The summed E-state index contributed by atoms with van der Waals surface area (Å²) < 4.78 is 2.02. The Labute approximate surface area is 118 Å². The Morgan fingerprint density at radius 3 is 2.63 bits per heavy atom. The number of nitrogens with one attached hydrogen (secondary N) is 1. The van der Waals surface area contributed by atoms with Crippen LogP contribution in [0, 0.1) is 0 Å². The lowest BCUT2D eigenvalue weighted by Gasteiger charge is -2.17. The second-order valence-corrected chi connectivity index (χ2v) is 6.79. The topological polar surface area (TPSA) is 42.7 Å². The molecular formula is C14H22N4S. The van der Waals surface area contributed by atoms with Crippen LogP contribution in [-0.4, -0.2) is 21.1 Å². The summed E-state index contributed by atoms with van der Waals surface area (Å²) in [5.74, 6) is 0. The third kappa shape index (κ3) is 3.04. The fourth-order valence-electron chi connectivity index (χ4n) is 1.97. The van der Waals surface area contributed by atoms with E-state index in [1.807, 2.05) is 24.1 Å². The van der Waals surface area contributed by atoms with Gasteiger partial charge in [-0.05, 0) is 6.54 Å². The molecule has 0 aliphatic carbocycles. The molecule has 0 saturated heterocycles. The second-order valence-electron chi connectivity index (χ2n) is 5.71. The third-order valence-electron chi connectivity index (χ3n) is 2.98. The van der Waals surface area contributed by atoms with Gasteiger partial charge in [0.2, 0.25) is 0 Å². The van der Waals surface area contributed by atoms with Gasteiger partial charge in [0.25, 0.3) is 0 Å². The summed E-state index contributed by atoms with van der Waals surface area (Å²) in [5.41, 5.74) is 2.34. The van der Waals surface area contributed by atoms with E-state index < -0.39 is 0 Å². The minimum Gasteiger partial charge on any atom is -0.332 e. The van der Waals surface area contributed by atoms with E-state index in [4.69, 9.17) is 4.98 Å². The van der Waals surface area contributed by atoms with Crippen molar-refractivity contribution in [3.8, 4) is 10.7 Å². The van der Waals surface area contributed by atoms with Crippen LogP contribution in [0.2, 0.25) is 0 Å². The number of nitrogens with zero attached hydrogens (tertiary/aromatic N) is 3. The smallest absolute Gasteiger partial charge is 0.142 e. The highest BCUT2D eigenvalue weighted by atomic mass is 32.1. The number of hydrogen-bond donors (Lipinski definition) is 1. The van der Waals surface area contributed by atoms with Gasteiger partial charge in [0.1, 0.15) is 5.01 Å². The maximum Gasteiger partial charge on any atom is 0.142 e. The van der Waals surface area contributed by atoms with Gasteiger partial charge in [0.15, 0.2) is 0 Å². The lowest BCUT2D eigenvalue weighted by molar-refractivity contribution is 0.561. The van der Waals surface area contributed by atoms with Crippen LogP contribution in [0.15, 0.2) is 12.5 Å². The van der Waals surface area contributed by atoms with E-state index in [0.717, 1.165) is 23.8 Å². The zero-order chi connectivity index (χ0) is 14.0. The largest absolute Gasteiger partial charge is 0.332 e. The van der Waals surface area contributed by atoms with Crippen molar-refractivity contribution in [3.05, 3.63) is 23.1 Å². The van der Waals surface area contributed by atoms with Crippen molar-refractivity contribution in [2.45, 2.75) is 39.7 Å². The number of aromatic nitrogens is 3. The van der Waals surface area contributed by atoms with Crippen LogP contribution >= 0.6 is 11.3 Å². The molecule has 2 aromatic heterocycles. The molecule has 2 heterocycles. The normalized spacial score (nSPS) is 12.1. The van der Waals surface area contributed by atoms with Crippen LogP contribution in [0.1, 0.15) is 38.3 Å². The molecule has 0 spiro atoms. The van der Waals surface area contributed by atoms with Crippen LogP contribution in [0.3, 0.4) is 0 Å². The number of thiazole rings is 1. The van der Waals surface area contributed by atoms with E-state index in [2.05, 4.69) is 38.0 Å². The molecule has 0 fully saturated rings. The Hall–Kier alpha value is -1.20. The molecule has 0 amide bonds. The van der Waals surface area contributed by atoms with Gasteiger partial charge >= 0.3 is 0 Å². The molecule has 0 saturated carbocycles. The molecule has 2 rings (SSSR count). The number of hydrogen-bond acceptors (Lipinski definition) is 4. The number of imidazole rings is 1. The van der Waals surface area contributed by atoms with Crippen molar-refractivity contribution in [2.75, 3.05) is 6.54 Å². The minimum atomic E-state index is 0.0676. The first-order chi connectivity index (χ1) is 8.93. The molecule has 0 bridgehead atoms. The Balaban J connectivity index is 2.43. The van der Waals surface area contributed by atoms with Gasteiger partial charge in [-0.3, -0.25) is 0 Å². The highest BCUT2D eigenvalue weighted by molar-refractivity contribution is 7.15. The molecule has 2 aromatic rings. The zero-order valence-electron chi connectivity index (χ0n) is 12.3. The van der Waals surface area contributed by atoms with Crippen molar-refractivity contribution in [1.29, 1.82) is 0 Å². The summed E-state index contributed by atoms with van der Waals surface area (Å²) in [6.07, 6.45) is 3.69. The molecule has 0 aliphatic rings. The van der Waals surface area contributed by atoms with Gasteiger partial charge in [-0.25, -0.2) is 9.97 Å². The Bertz CT molecular complexity index is 548. The van der Waals surface area contributed by atoms with Gasteiger partial charge in [-0.1, -0.05) is 27.7 Å². The third-order valence-corrected chi connectivity index (χ3v) is 4.06. The monoisotopic (exact) mass is 278 g/mol. The maximum absolute atomic E-state index is 4.86. The lowest BCUT2D eigenvalue weighted by atomic mass is 9.91. The van der Waals surface area contributed by atoms with E-state index in [1.54, 1.807) is 11.3 Å². The van der Waals surface area contributed by atoms with E-state index in [-0.39, 0.29) is 5.41 Å². The first-order valence-corrected chi connectivity index (χ1v) is 7.42. The number of rotatable bonds is 4. The summed E-state index contributed by atoms with van der Waals surface area (Å²) >= 11 is 1.76. The van der Waals surface area contributed by atoms with Gasteiger partial charge in [-0.2, -0.15) is 0 Å². The first-order valence-electron chi connectivity index (χ1n) is 6.61. The lowest BCUT2D eigenvalue weighted by Crippen LogP contribution is -2.18. The first kappa shape index (κ1) is 14.2. The number of aryl methyl sites for hydroxylation is 1. The van der Waals surface area contributed by atoms with Gasteiger partial charge in [0, 0.05) is 23.9 Å². The molecule has 5 heteroatoms. The molecule has 0 aromatic carbocycles. The predicted octanol–water partition coefficient (Wildman–Crippen LogP) is 2.95. The van der Waals surface area contributed by atoms with E-state index >= 15 is 0 Å². The SMILES string of the molecule is CCNCc1sc(-c2cncn2C)nc1C(C)(C)C. The van der Waals surface area contributed by atoms with Gasteiger partial charge < -0.3 is 9.88 Å². The maximum atomic E-state index is 4.86. The standard InChI is InChI=1S/C14H22N4S/c1-6-15-8-11-12(14(2,3)4)17-13(19-11)10-7-16-9-18(10)5/h7,9,15H,6,8H2,1-5H3. The molecule has 0 atom stereocenters. The highest BCUT2D eigenvalue weighted by Gasteiger charge is 2.24. The van der Waals surface area contributed by atoms with Crippen molar-refractivity contribution in [3.63, 3.8) is 0 Å². The summed E-state index contributed by atoms with van der Waals surface area (Å²) in [7, 11) is 2.00. The van der Waals surface area contributed by atoms with Gasteiger partial charge in [-0.15, -0.1) is 11.3 Å². The van der Waals surface area contributed by atoms with Crippen LogP contribution < -0.4 is 5.32 Å². The van der Waals surface area contributed by atoms with Crippen molar-refractivity contribution in [2.24, 2.45) is 7.05 Å². The van der Waals surface area contributed by atoms with E-state index in [1.165, 1.54) is 10.6 Å². The quantitative estimate of drug-likeness (QED) is 0.935. The molecular weight excluding hydrogens is 256 g/mol. The van der Waals surface area contributed by atoms with Crippen molar-refractivity contribution >= 4 is 11.3 Å². The molecule has 0 aliphatic heterocycles. The summed E-state index contributed by atoms with van der Waals surface area (Å²) in [6, 6.07) is 0. The van der Waals surface area contributed by atoms with Crippen LogP contribution in [0.25, 0.3) is 10.7 Å². The fourth-order valence-corrected chi connectivity index (χ4v) is 3.26. The molecule has 0 radical (unpaired) electrons. The second kappa shape index (κ2) is 5.43. The summed E-state index contributed by atoms with van der Waals surface area (Å²) in [5, 5.41) is 4.45. The zero-order valence-corrected chi connectivity index (χ0v) is 13.1. The summed E-state index contributed by atoms with van der Waals surface area (Å²) in [6.45, 7) is 10.6. The minimum absolute atomic E-state index is 0.0676. The van der Waals surface area contributed by atoms with Gasteiger partial charge in [0.05, 0.1) is 23.9 Å². The average molecular weight is 278 g/mol. The van der Waals surface area contributed by atoms with Crippen LogP contribution in [0.5, 0.6) is 0 Å². The highest BCUT2D eigenvalue weighted by Crippen LogP contribution is 2.34. The average Bonchev–Trinajstić information content (AvgIpc) is 2.91. The molecule has 104 valence electrons. The van der Waals surface area contributed by atoms with E-state index in [0.29, 0.717) is 0 Å². The molecule has 4 nitrogen and oxygen atoms in total. The molecule has 19 heavy (non-hydrogen) atoms. The Morgan fingerprint density at radius 2 is 2.11 bits per heavy atom. The van der Waals surface area contributed by atoms with Crippen LogP contribution in [-0.2, 0) is 19.0 Å². The van der Waals surface area contributed by atoms with Crippen LogP contribution in [0.4, 0.5) is 0 Å². The van der Waals surface area contributed by atoms with Crippen molar-refractivity contribution < 1.29 is 0 Å². The fraction of sp³-hybridized carbons (Fsp3) is 0.571. The van der Waals surface area contributed by atoms with E-state index in [9.17, 15) is 0 Å². The Kier molecular flexibility index (Phi) is 4.06. The summed E-state index contributed by atoms with van der Waals surface area (Å²) in [4.78, 5) is 10.4.